The summed E-state index contributed by atoms with van der Waals surface area (Å²) in [5, 5.41) is 0.465. The number of rotatable bonds is 4. The second kappa shape index (κ2) is 5.89. The Bertz CT molecular complexity index is 613. The third kappa shape index (κ3) is 3.46. The van der Waals surface area contributed by atoms with Crippen molar-refractivity contribution in [2.45, 2.75) is 6.16 Å². The van der Waals surface area contributed by atoms with Crippen molar-refractivity contribution < 1.29 is 14.0 Å². The Kier molecular flexibility index (Phi) is 4.43. The second-order valence-electron chi connectivity index (χ2n) is 4.11. The lowest BCUT2D eigenvalue weighted by molar-refractivity contribution is 0.314. The van der Waals surface area contributed by atoms with Crippen molar-refractivity contribution in [1.82, 2.24) is 0 Å². The van der Waals surface area contributed by atoms with Crippen molar-refractivity contribution in [3.8, 4) is 11.1 Å². The smallest absolute Gasteiger partial charge is 0.324 e. The molecule has 1 atom stereocenters. The quantitative estimate of drug-likeness (QED) is 0.854. The first-order valence-corrected chi connectivity index (χ1v) is 7.88. The molecular weight excluding hydrogens is 283 g/mol. The fourth-order valence-corrected chi connectivity index (χ4v) is 3.08. The summed E-state index contributed by atoms with van der Waals surface area (Å²) >= 11 is 6.15. The second-order valence-corrected chi connectivity index (χ2v) is 6.47. The lowest BCUT2D eigenvalue weighted by Crippen LogP contribution is -1.95. The van der Waals surface area contributed by atoms with Gasteiger partial charge in [0.05, 0.1) is 6.16 Å². The van der Waals surface area contributed by atoms with Gasteiger partial charge < -0.3 is 9.42 Å². The predicted molar refractivity (Wildman–Crippen MR) is 77.4 cm³/mol. The summed E-state index contributed by atoms with van der Waals surface area (Å²) in [6, 6.07) is 15.0. The first-order valence-electron chi connectivity index (χ1n) is 5.74. The van der Waals surface area contributed by atoms with E-state index >= 15 is 0 Å². The Labute approximate surface area is 117 Å². The summed E-state index contributed by atoms with van der Waals surface area (Å²) < 4.78 is 16.4. The summed E-state index contributed by atoms with van der Waals surface area (Å²) in [7, 11) is -2.43. The summed E-state index contributed by atoms with van der Waals surface area (Å²) in [5.74, 6) is 0. The molecule has 0 aromatic heterocycles. The lowest BCUT2D eigenvalue weighted by atomic mass is 10.0. The van der Waals surface area contributed by atoms with Gasteiger partial charge in [0, 0.05) is 12.1 Å². The molecule has 0 amide bonds. The standard InChI is InChI=1S/C14H14ClO3P/c1-18-19(16,17)10-13-12(8-5-9-14(13)15)11-6-3-2-4-7-11/h2-9H,10H2,1H3,(H,16,17). The Morgan fingerprint density at radius 1 is 1.16 bits per heavy atom. The number of benzene rings is 2. The van der Waals surface area contributed by atoms with Crippen LogP contribution in [0.5, 0.6) is 0 Å². The molecule has 1 unspecified atom stereocenters. The highest BCUT2D eigenvalue weighted by Crippen LogP contribution is 2.47. The van der Waals surface area contributed by atoms with Crippen LogP contribution in [0.15, 0.2) is 48.5 Å². The molecule has 100 valence electrons. The molecule has 0 aliphatic rings. The molecule has 3 nitrogen and oxygen atoms in total. The maximum Gasteiger partial charge on any atom is 0.332 e. The molecule has 0 fully saturated rings. The van der Waals surface area contributed by atoms with E-state index in [-0.39, 0.29) is 6.16 Å². The minimum absolute atomic E-state index is 0.104. The van der Waals surface area contributed by atoms with E-state index in [0.717, 1.165) is 11.1 Å². The van der Waals surface area contributed by atoms with Gasteiger partial charge in [-0.05, 0) is 22.8 Å². The van der Waals surface area contributed by atoms with Crippen molar-refractivity contribution in [2.24, 2.45) is 0 Å². The van der Waals surface area contributed by atoms with Gasteiger partial charge in [0.15, 0.2) is 0 Å². The number of halogens is 1. The molecule has 0 spiro atoms. The molecule has 0 aliphatic carbocycles. The van der Waals surface area contributed by atoms with E-state index in [1.165, 1.54) is 7.11 Å². The molecule has 0 saturated heterocycles. The number of hydrogen-bond acceptors (Lipinski definition) is 2. The molecule has 2 rings (SSSR count). The van der Waals surface area contributed by atoms with Crippen molar-refractivity contribution in [2.75, 3.05) is 7.11 Å². The predicted octanol–water partition coefficient (Wildman–Crippen LogP) is 4.34. The van der Waals surface area contributed by atoms with E-state index < -0.39 is 7.60 Å². The van der Waals surface area contributed by atoms with Crippen molar-refractivity contribution in [3.63, 3.8) is 0 Å². The van der Waals surface area contributed by atoms with E-state index in [0.29, 0.717) is 10.6 Å². The van der Waals surface area contributed by atoms with Crippen molar-refractivity contribution in [1.29, 1.82) is 0 Å². The van der Waals surface area contributed by atoms with Crippen LogP contribution in [-0.4, -0.2) is 12.0 Å². The minimum atomic E-state index is -3.65. The average Bonchev–Trinajstić information content (AvgIpc) is 2.42. The number of hydrogen-bond donors (Lipinski definition) is 1. The Morgan fingerprint density at radius 3 is 2.47 bits per heavy atom. The molecule has 19 heavy (non-hydrogen) atoms. The molecule has 2 aromatic rings. The van der Waals surface area contributed by atoms with Gasteiger partial charge in [0.1, 0.15) is 0 Å². The first kappa shape index (κ1) is 14.3. The van der Waals surface area contributed by atoms with E-state index in [1.54, 1.807) is 6.07 Å². The fraction of sp³-hybridized carbons (Fsp3) is 0.143. The molecule has 0 radical (unpaired) electrons. The highest BCUT2D eigenvalue weighted by molar-refractivity contribution is 7.51. The van der Waals surface area contributed by atoms with E-state index in [4.69, 9.17) is 11.6 Å². The van der Waals surface area contributed by atoms with Crippen LogP contribution in [0.1, 0.15) is 5.56 Å². The van der Waals surface area contributed by atoms with Gasteiger partial charge in [-0.1, -0.05) is 54.1 Å². The van der Waals surface area contributed by atoms with Crippen LogP contribution in [0.25, 0.3) is 11.1 Å². The van der Waals surface area contributed by atoms with E-state index in [9.17, 15) is 9.46 Å². The van der Waals surface area contributed by atoms with Gasteiger partial charge in [0.2, 0.25) is 0 Å². The maximum atomic E-state index is 11.8. The van der Waals surface area contributed by atoms with Crippen molar-refractivity contribution >= 4 is 19.2 Å². The largest absolute Gasteiger partial charge is 0.332 e. The van der Waals surface area contributed by atoms with Crippen LogP contribution < -0.4 is 0 Å². The highest BCUT2D eigenvalue weighted by Gasteiger charge is 2.22. The van der Waals surface area contributed by atoms with Crippen LogP contribution in [0.3, 0.4) is 0 Å². The van der Waals surface area contributed by atoms with Crippen LogP contribution in [0.2, 0.25) is 5.02 Å². The van der Waals surface area contributed by atoms with E-state index in [1.807, 2.05) is 42.5 Å². The SMILES string of the molecule is COP(=O)(O)Cc1c(Cl)cccc1-c1ccccc1. The van der Waals surface area contributed by atoms with Crippen LogP contribution in [0, 0.1) is 0 Å². The monoisotopic (exact) mass is 296 g/mol. The third-order valence-corrected chi connectivity index (χ3v) is 4.49. The van der Waals surface area contributed by atoms with Gasteiger partial charge in [-0.25, -0.2) is 0 Å². The molecule has 0 bridgehead atoms. The van der Waals surface area contributed by atoms with Crippen molar-refractivity contribution in [3.05, 3.63) is 59.1 Å². The molecule has 1 N–H and O–H groups in total. The highest BCUT2D eigenvalue weighted by atomic mass is 35.5. The summed E-state index contributed by atoms with van der Waals surface area (Å²) in [4.78, 5) is 9.65. The fourth-order valence-electron chi connectivity index (χ4n) is 1.87. The van der Waals surface area contributed by atoms with Crippen LogP contribution in [0.4, 0.5) is 0 Å². The minimum Gasteiger partial charge on any atom is -0.324 e. The van der Waals surface area contributed by atoms with Gasteiger partial charge in [-0.2, -0.15) is 0 Å². The van der Waals surface area contributed by atoms with Gasteiger partial charge >= 0.3 is 7.60 Å². The lowest BCUT2D eigenvalue weighted by Gasteiger charge is -2.14. The maximum absolute atomic E-state index is 11.8. The molecule has 0 saturated carbocycles. The normalized spacial score (nSPS) is 14.1. The van der Waals surface area contributed by atoms with E-state index in [2.05, 4.69) is 4.52 Å². The summed E-state index contributed by atoms with van der Waals surface area (Å²) in [6.07, 6.45) is -0.104. The third-order valence-electron chi connectivity index (χ3n) is 2.85. The van der Waals surface area contributed by atoms with Crippen LogP contribution >= 0.6 is 19.2 Å². The van der Waals surface area contributed by atoms with Gasteiger partial charge in [-0.3, -0.25) is 4.57 Å². The summed E-state index contributed by atoms with van der Waals surface area (Å²) in [5.41, 5.74) is 2.43. The molecular formula is C14H14ClO3P. The Hall–Kier alpha value is -1.12. The Morgan fingerprint density at radius 2 is 1.84 bits per heavy atom. The summed E-state index contributed by atoms with van der Waals surface area (Å²) in [6.45, 7) is 0. The van der Waals surface area contributed by atoms with Gasteiger partial charge in [0.25, 0.3) is 0 Å². The molecule has 0 heterocycles. The van der Waals surface area contributed by atoms with Crippen LogP contribution in [-0.2, 0) is 15.3 Å². The molecule has 5 heteroatoms. The van der Waals surface area contributed by atoms with Gasteiger partial charge in [-0.15, -0.1) is 0 Å². The molecule has 2 aromatic carbocycles. The molecule has 0 aliphatic heterocycles. The first-order chi connectivity index (χ1) is 9.03. The zero-order chi connectivity index (χ0) is 13.9. The zero-order valence-corrected chi connectivity index (χ0v) is 12.1. The topological polar surface area (TPSA) is 46.5 Å². The zero-order valence-electron chi connectivity index (χ0n) is 10.4. The average molecular weight is 297 g/mol. The Balaban J connectivity index is 2.51.